The summed E-state index contributed by atoms with van der Waals surface area (Å²) < 4.78 is 26.9. The first-order valence-electron chi connectivity index (χ1n) is 5.68. The molecule has 1 heterocycles. The van der Waals surface area contributed by atoms with Crippen molar-refractivity contribution < 1.29 is 8.42 Å². The van der Waals surface area contributed by atoms with Crippen molar-refractivity contribution in [3.8, 4) is 0 Å². The van der Waals surface area contributed by atoms with Gasteiger partial charge >= 0.3 is 0 Å². The van der Waals surface area contributed by atoms with Crippen molar-refractivity contribution in [1.29, 1.82) is 0 Å². The second-order valence-electron chi connectivity index (χ2n) is 4.02. The van der Waals surface area contributed by atoms with E-state index in [2.05, 4.69) is 20.2 Å². The largest absolute Gasteiger partial charge is 0.316 e. The first-order chi connectivity index (χ1) is 9.42. The van der Waals surface area contributed by atoms with Crippen LogP contribution in [-0.4, -0.2) is 25.7 Å². The van der Waals surface area contributed by atoms with Crippen LogP contribution in [0.4, 0.5) is 5.13 Å². The summed E-state index contributed by atoms with van der Waals surface area (Å²) in [6.07, 6.45) is 0. The molecule has 0 spiro atoms. The van der Waals surface area contributed by atoms with E-state index in [-0.39, 0.29) is 10.0 Å². The van der Waals surface area contributed by atoms with E-state index in [1.807, 2.05) is 0 Å². The molecule has 0 unspecified atom stereocenters. The molecule has 0 amide bonds. The smallest absolute Gasteiger partial charge is 0.263 e. The molecule has 0 atom stereocenters. The summed E-state index contributed by atoms with van der Waals surface area (Å²) in [5.74, 6) is 0. The van der Waals surface area contributed by atoms with Gasteiger partial charge in [-0.05, 0) is 37.7 Å². The summed E-state index contributed by atoms with van der Waals surface area (Å²) in [5, 5.41) is 11.9. The molecule has 0 radical (unpaired) electrons. The van der Waals surface area contributed by atoms with E-state index in [4.69, 9.17) is 11.6 Å². The van der Waals surface area contributed by atoms with Crippen LogP contribution in [0.3, 0.4) is 0 Å². The molecule has 2 rings (SSSR count). The molecular weight excluding hydrogens is 320 g/mol. The molecule has 0 bridgehead atoms. The molecule has 2 N–H and O–H groups in total. The highest BCUT2D eigenvalue weighted by molar-refractivity contribution is 7.93. The van der Waals surface area contributed by atoms with Crippen LogP contribution < -0.4 is 10.0 Å². The Labute approximate surface area is 126 Å². The van der Waals surface area contributed by atoms with Crippen molar-refractivity contribution in [3.05, 3.63) is 33.8 Å². The maximum absolute atomic E-state index is 12.2. The van der Waals surface area contributed by atoms with Crippen LogP contribution in [0, 0.1) is 6.92 Å². The molecule has 0 aliphatic rings. The fourth-order valence-electron chi connectivity index (χ4n) is 1.56. The number of aromatic nitrogens is 2. The Morgan fingerprint density at radius 1 is 1.35 bits per heavy atom. The third-order valence-electron chi connectivity index (χ3n) is 2.44. The van der Waals surface area contributed by atoms with E-state index in [9.17, 15) is 8.42 Å². The quantitative estimate of drug-likeness (QED) is 0.875. The number of hydrogen-bond donors (Lipinski definition) is 2. The van der Waals surface area contributed by atoms with Crippen molar-refractivity contribution in [2.45, 2.75) is 18.4 Å². The SMILES string of the molecule is CNCc1cc(S(=O)(=O)Nc2nnc(C)s2)ccc1Cl. The minimum Gasteiger partial charge on any atom is -0.316 e. The predicted octanol–water partition coefficient (Wildman–Crippen LogP) is 2.02. The molecule has 0 saturated heterocycles. The summed E-state index contributed by atoms with van der Waals surface area (Å²) in [4.78, 5) is 0.139. The third-order valence-corrected chi connectivity index (χ3v) is 5.03. The molecule has 6 nitrogen and oxygen atoms in total. The number of sulfonamides is 1. The summed E-state index contributed by atoms with van der Waals surface area (Å²) in [7, 11) is -1.92. The van der Waals surface area contributed by atoms with Gasteiger partial charge in [0.1, 0.15) is 5.01 Å². The van der Waals surface area contributed by atoms with Gasteiger partial charge in [-0.1, -0.05) is 22.9 Å². The Kier molecular flexibility index (Phi) is 4.59. The van der Waals surface area contributed by atoms with Crippen molar-refractivity contribution in [3.63, 3.8) is 0 Å². The first kappa shape index (κ1) is 15.2. The zero-order chi connectivity index (χ0) is 14.8. The number of anilines is 1. The number of halogens is 1. The normalized spacial score (nSPS) is 11.6. The van der Waals surface area contributed by atoms with Crippen LogP contribution in [0.5, 0.6) is 0 Å². The second-order valence-corrected chi connectivity index (χ2v) is 7.29. The zero-order valence-corrected chi connectivity index (χ0v) is 13.2. The average molecular weight is 333 g/mol. The number of rotatable bonds is 5. The summed E-state index contributed by atoms with van der Waals surface area (Å²) >= 11 is 7.19. The minimum atomic E-state index is -3.69. The van der Waals surface area contributed by atoms with Crippen LogP contribution >= 0.6 is 22.9 Å². The predicted molar refractivity (Wildman–Crippen MR) is 79.7 cm³/mol. The van der Waals surface area contributed by atoms with E-state index in [0.717, 1.165) is 0 Å². The first-order valence-corrected chi connectivity index (χ1v) is 8.36. The minimum absolute atomic E-state index is 0.139. The third kappa shape index (κ3) is 3.45. The zero-order valence-electron chi connectivity index (χ0n) is 10.8. The lowest BCUT2D eigenvalue weighted by molar-refractivity contribution is 0.601. The van der Waals surface area contributed by atoms with Crippen LogP contribution in [0.1, 0.15) is 10.6 Å². The fourth-order valence-corrected chi connectivity index (χ4v) is 3.61. The van der Waals surface area contributed by atoms with E-state index >= 15 is 0 Å². The highest BCUT2D eigenvalue weighted by atomic mass is 35.5. The summed E-state index contributed by atoms with van der Waals surface area (Å²) in [5.41, 5.74) is 0.713. The van der Waals surface area contributed by atoms with E-state index in [1.54, 1.807) is 20.0 Å². The lowest BCUT2D eigenvalue weighted by atomic mass is 10.2. The molecule has 108 valence electrons. The average Bonchev–Trinajstić information content (AvgIpc) is 2.77. The molecule has 9 heteroatoms. The van der Waals surface area contributed by atoms with Gasteiger partial charge in [-0.3, -0.25) is 4.72 Å². The molecule has 20 heavy (non-hydrogen) atoms. The molecule has 0 saturated carbocycles. The maximum Gasteiger partial charge on any atom is 0.263 e. The lowest BCUT2D eigenvalue weighted by Gasteiger charge is -2.08. The topological polar surface area (TPSA) is 84.0 Å². The summed E-state index contributed by atoms with van der Waals surface area (Å²) in [6, 6.07) is 4.56. The van der Waals surface area contributed by atoms with Crippen LogP contribution in [0.25, 0.3) is 0 Å². The van der Waals surface area contributed by atoms with Gasteiger partial charge in [0.2, 0.25) is 5.13 Å². The van der Waals surface area contributed by atoms with Gasteiger partial charge in [-0.25, -0.2) is 8.42 Å². The van der Waals surface area contributed by atoms with Gasteiger partial charge in [0.05, 0.1) is 4.90 Å². The molecule has 1 aromatic carbocycles. The van der Waals surface area contributed by atoms with Crippen LogP contribution in [0.2, 0.25) is 5.02 Å². The highest BCUT2D eigenvalue weighted by Crippen LogP contribution is 2.23. The molecule has 0 aliphatic carbocycles. The molecule has 0 fully saturated rings. The van der Waals surface area contributed by atoms with E-state index in [1.165, 1.54) is 23.5 Å². The van der Waals surface area contributed by atoms with E-state index < -0.39 is 10.0 Å². The van der Waals surface area contributed by atoms with Gasteiger partial charge in [0, 0.05) is 11.6 Å². The summed E-state index contributed by atoms with van der Waals surface area (Å²) in [6.45, 7) is 2.24. The Morgan fingerprint density at radius 2 is 2.10 bits per heavy atom. The van der Waals surface area contributed by atoms with Gasteiger partial charge in [0.25, 0.3) is 10.0 Å². The fraction of sp³-hybridized carbons (Fsp3) is 0.273. The molecule has 1 aromatic heterocycles. The van der Waals surface area contributed by atoms with Gasteiger partial charge in [0.15, 0.2) is 0 Å². The van der Waals surface area contributed by atoms with Crippen molar-refractivity contribution in [2.75, 3.05) is 11.8 Å². The number of nitrogens with zero attached hydrogens (tertiary/aromatic N) is 2. The van der Waals surface area contributed by atoms with Gasteiger partial charge in [-0.2, -0.15) is 0 Å². The van der Waals surface area contributed by atoms with Gasteiger partial charge in [-0.15, -0.1) is 10.2 Å². The molecule has 2 aromatic rings. The maximum atomic E-state index is 12.2. The lowest BCUT2D eigenvalue weighted by Crippen LogP contribution is -2.14. The Hall–Kier alpha value is -1.22. The number of aryl methyl sites for hydroxylation is 1. The molecule has 0 aliphatic heterocycles. The second kappa shape index (κ2) is 6.04. The van der Waals surface area contributed by atoms with Gasteiger partial charge < -0.3 is 5.32 Å². The Morgan fingerprint density at radius 3 is 2.70 bits per heavy atom. The van der Waals surface area contributed by atoms with Crippen LogP contribution in [-0.2, 0) is 16.6 Å². The Bertz CT molecular complexity index is 715. The Balaban J connectivity index is 2.31. The number of hydrogen-bond acceptors (Lipinski definition) is 6. The van der Waals surface area contributed by atoms with Crippen molar-refractivity contribution in [2.24, 2.45) is 0 Å². The monoisotopic (exact) mass is 332 g/mol. The van der Waals surface area contributed by atoms with E-state index in [0.29, 0.717) is 22.1 Å². The molecular formula is C11H13ClN4O2S2. The van der Waals surface area contributed by atoms with Crippen LogP contribution in [0.15, 0.2) is 23.1 Å². The highest BCUT2D eigenvalue weighted by Gasteiger charge is 2.17. The van der Waals surface area contributed by atoms with Crippen molar-refractivity contribution >= 4 is 38.1 Å². The standard InChI is InChI=1S/C11H13ClN4O2S2/c1-7-14-15-11(19-7)16-20(17,18)9-3-4-10(12)8(5-9)6-13-2/h3-5,13H,6H2,1-2H3,(H,15,16). The van der Waals surface area contributed by atoms with Crippen molar-refractivity contribution in [1.82, 2.24) is 15.5 Å². The number of benzene rings is 1. The number of nitrogens with one attached hydrogen (secondary N) is 2.